The van der Waals surface area contributed by atoms with Crippen LogP contribution in [0.3, 0.4) is 0 Å². The molecule has 0 radical (unpaired) electrons. The molecule has 154 valence electrons. The third-order valence-electron chi connectivity index (χ3n) is 6.08. The van der Waals surface area contributed by atoms with Gasteiger partial charge in [0.05, 0.1) is 12.2 Å². The molecule has 2 aromatic heterocycles. The summed E-state index contributed by atoms with van der Waals surface area (Å²) in [7, 11) is 0. The van der Waals surface area contributed by atoms with Crippen molar-refractivity contribution in [2.45, 2.75) is 46.1 Å². The molecule has 2 fully saturated rings. The molecular weight excluding hydrogens is 364 g/mol. The fraction of sp³-hybridized carbons (Fsp3) is 0.545. The van der Waals surface area contributed by atoms with Crippen LogP contribution in [0.25, 0.3) is 0 Å². The van der Waals surface area contributed by atoms with Crippen molar-refractivity contribution in [3.8, 4) is 0 Å². The molecule has 4 heterocycles. The minimum absolute atomic E-state index is 0.0521. The van der Waals surface area contributed by atoms with Crippen molar-refractivity contribution < 1.29 is 4.79 Å². The molecule has 0 saturated carbocycles. The van der Waals surface area contributed by atoms with Gasteiger partial charge in [0, 0.05) is 49.6 Å². The lowest BCUT2D eigenvalue weighted by molar-refractivity contribution is -0.125. The van der Waals surface area contributed by atoms with Gasteiger partial charge in [0.2, 0.25) is 11.9 Å². The van der Waals surface area contributed by atoms with Crippen LogP contribution < -0.4 is 15.1 Å². The third kappa shape index (κ3) is 4.49. The summed E-state index contributed by atoms with van der Waals surface area (Å²) in [6.07, 6.45) is 5.86. The molecule has 2 aliphatic heterocycles. The quantitative estimate of drug-likeness (QED) is 0.840. The van der Waals surface area contributed by atoms with Gasteiger partial charge in [-0.2, -0.15) is 4.98 Å². The zero-order valence-electron chi connectivity index (χ0n) is 17.4. The van der Waals surface area contributed by atoms with Crippen LogP contribution in [-0.2, 0) is 11.3 Å². The Morgan fingerprint density at radius 1 is 1.07 bits per heavy atom. The van der Waals surface area contributed by atoms with E-state index in [4.69, 9.17) is 9.97 Å². The van der Waals surface area contributed by atoms with Gasteiger partial charge in [-0.25, -0.2) is 4.98 Å². The van der Waals surface area contributed by atoms with E-state index in [0.29, 0.717) is 6.54 Å². The molecule has 0 aromatic carbocycles. The lowest BCUT2D eigenvalue weighted by atomic mass is 9.95. The molecule has 0 aliphatic carbocycles. The monoisotopic (exact) mass is 394 g/mol. The second kappa shape index (κ2) is 8.76. The molecule has 0 unspecified atom stereocenters. The Labute approximate surface area is 172 Å². The molecule has 2 aliphatic rings. The normalized spacial score (nSPS) is 17.6. The number of aryl methyl sites for hydroxylation is 1. The maximum Gasteiger partial charge on any atom is 0.227 e. The fourth-order valence-corrected chi connectivity index (χ4v) is 4.14. The first-order valence-corrected chi connectivity index (χ1v) is 10.6. The van der Waals surface area contributed by atoms with Gasteiger partial charge in [-0.15, -0.1) is 0 Å². The van der Waals surface area contributed by atoms with Gasteiger partial charge in [-0.1, -0.05) is 6.07 Å². The van der Waals surface area contributed by atoms with Crippen LogP contribution in [0.15, 0.2) is 24.4 Å². The van der Waals surface area contributed by atoms with E-state index < -0.39 is 0 Å². The van der Waals surface area contributed by atoms with Crippen molar-refractivity contribution in [1.82, 2.24) is 20.3 Å². The van der Waals surface area contributed by atoms with Gasteiger partial charge in [-0.05, 0) is 51.7 Å². The molecule has 2 saturated heterocycles. The molecule has 4 rings (SSSR count). The summed E-state index contributed by atoms with van der Waals surface area (Å²) in [5.41, 5.74) is 3.08. The third-order valence-corrected chi connectivity index (χ3v) is 6.08. The van der Waals surface area contributed by atoms with Gasteiger partial charge < -0.3 is 15.1 Å². The van der Waals surface area contributed by atoms with Gasteiger partial charge in [0.25, 0.3) is 0 Å². The Balaban J connectivity index is 1.37. The van der Waals surface area contributed by atoms with Crippen LogP contribution in [0.2, 0.25) is 0 Å². The van der Waals surface area contributed by atoms with E-state index in [1.54, 1.807) is 6.20 Å². The molecule has 7 heteroatoms. The number of rotatable bonds is 5. The Kier molecular flexibility index (Phi) is 5.92. The summed E-state index contributed by atoms with van der Waals surface area (Å²) >= 11 is 0. The Bertz CT molecular complexity index is 842. The van der Waals surface area contributed by atoms with Crippen LogP contribution >= 0.6 is 0 Å². The largest absolute Gasteiger partial charge is 0.356 e. The average molecular weight is 395 g/mol. The average Bonchev–Trinajstić information content (AvgIpc) is 3.30. The van der Waals surface area contributed by atoms with Crippen LogP contribution in [0.4, 0.5) is 11.8 Å². The predicted octanol–water partition coefficient (Wildman–Crippen LogP) is 2.62. The first-order chi connectivity index (χ1) is 14.1. The standard InChI is InChI=1S/C22H30N6O/c1-16-17(2)25-22(28-11-5-6-12-28)26-20(16)27-13-8-18(9-14-27)21(29)24-15-19-7-3-4-10-23-19/h3-4,7,10,18H,5-6,8-9,11-15H2,1-2H3,(H,24,29). The predicted molar refractivity (Wildman–Crippen MR) is 114 cm³/mol. The highest BCUT2D eigenvalue weighted by Gasteiger charge is 2.27. The van der Waals surface area contributed by atoms with E-state index in [-0.39, 0.29) is 11.8 Å². The second-order valence-electron chi connectivity index (χ2n) is 8.05. The molecule has 1 amide bonds. The number of pyridine rings is 1. The number of nitrogens with one attached hydrogen (secondary N) is 1. The summed E-state index contributed by atoms with van der Waals surface area (Å²) < 4.78 is 0. The number of anilines is 2. The SMILES string of the molecule is Cc1nc(N2CCCC2)nc(N2CCC(C(=O)NCc3ccccn3)CC2)c1C. The Morgan fingerprint density at radius 2 is 1.83 bits per heavy atom. The highest BCUT2D eigenvalue weighted by Crippen LogP contribution is 2.28. The molecule has 29 heavy (non-hydrogen) atoms. The van der Waals surface area contributed by atoms with E-state index in [0.717, 1.165) is 67.7 Å². The smallest absolute Gasteiger partial charge is 0.227 e. The number of amides is 1. The maximum absolute atomic E-state index is 12.6. The zero-order valence-corrected chi connectivity index (χ0v) is 17.4. The summed E-state index contributed by atoms with van der Waals surface area (Å²) in [6, 6.07) is 5.75. The number of nitrogens with zero attached hydrogens (tertiary/aromatic N) is 5. The molecule has 0 bridgehead atoms. The summed E-state index contributed by atoms with van der Waals surface area (Å²) in [4.78, 5) is 31.1. The van der Waals surface area contributed by atoms with E-state index in [1.165, 1.54) is 12.8 Å². The summed E-state index contributed by atoms with van der Waals surface area (Å²) in [5.74, 6) is 2.07. The topological polar surface area (TPSA) is 74.2 Å². The molecule has 0 atom stereocenters. The Morgan fingerprint density at radius 3 is 2.52 bits per heavy atom. The first kappa shape index (κ1) is 19.6. The number of carbonyl (C=O) groups excluding carboxylic acids is 1. The highest BCUT2D eigenvalue weighted by molar-refractivity contribution is 5.79. The number of hydrogen-bond donors (Lipinski definition) is 1. The zero-order chi connectivity index (χ0) is 20.2. The number of aromatic nitrogens is 3. The van der Waals surface area contributed by atoms with Crippen molar-refractivity contribution >= 4 is 17.7 Å². The van der Waals surface area contributed by atoms with Gasteiger partial charge in [-0.3, -0.25) is 9.78 Å². The molecule has 1 N–H and O–H groups in total. The van der Waals surface area contributed by atoms with Crippen LogP contribution in [-0.4, -0.2) is 47.0 Å². The van der Waals surface area contributed by atoms with Gasteiger partial charge in [0.15, 0.2) is 0 Å². The van der Waals surface area contributed by atoms with Crippen molar-refractivity contribution in [2.75, 3.05) is 36.0 Å². The minimum Gasteiger partial charge on any atom is -0.356 e. The fourth-order valence-electron chi connectivity index (χ4n) is 4.14. The lowest BCUT2D eigenvalue weighted by Gasteiger charge is -2.33. The Hall–Kier alpha value is -2.70. The summed E-state index contributed by atoms with van der Waals surface area (Å²) in [6.45, 7) is 8.43. The van der Waals surface area contributed by atoms with Crippen molar-refractivity contribution in [1.29, 1.82) is 0 Å². The van der Waals surface area contributed by atoms with E-state index in [2.05, 4.69) is 33.9 Å². The molecule has 7 nitrogen and oxygen atoms in total. The molecule has 2 aromatic rings. The van der Waals surface area contributed by atoms with Crippen LogP contribution in [0, 0.1) is 19.8 Å². The summed E-state index contributed by atoms with van der Waals surface area (Å²) in [5, 5.41) is 3.04. The molecule has 0 spiro atoms. The highest BCUT2D eigenvalue weighted by atomic mass is 16.1. The van der Waals surface area contributed by atoms with E-state index >= 15 is 0 Å². The molecular formula is C22H30N6O. The van der Waals surface area contributed by atoms with Crippen molar-refractivity contribution in [3.05, 3.63) is 41.3 Å². The first-order valence-electron chi connectivity index (χ1n) is 10.6. The van der Waals surface area contributed by atoms with E-state index in [1.807, 2.05) is 18.2 Å². The van der Waals surface area contributed by atoms with Gasteiger partial charge in [0.1, 0.15) is 5.82 Å². The van der Waals surface area contributed by atoms with Crippen LogP contribution in [0.1, 0.15) is 42.6 Å². The lowest BCUT2D eigenvalue weighted by Crippen LogP contribution is -2.41. The van der Waals surface area contributed by atoms with E-state index in [9.17, 15) is 4.79 Å². The maximum atomic E-state index is 12.6. The second-order valence-corrected chi connectivity index (χ2v) is 8.05. The van der Waals surface area contributed by atoms with Crippen molar-refractivity contribution in [2.24, 2.45) is 5.92 Å². The number of hydrogen-bond acceptors (Lipinski definition) is 6. The van der Waals surface area contributed by atoms with Crippen molar-refractivity contribution in [3.63, 3.8) is 0 Å². The van der Waals surface area contributed by atoms with Gasteiger partial charge >= 0.3 is 0 Å². The number of carbonyl (C=O) groups is 1. The minimum atomic E-state index is 0.0521. The van der Waals surface area contributed by atoms with Crippen LogP contribution in [0.5, 0.6) is 0 Å². The number of piperidine rings is 1.